The molecule has 2 aromatic rings. The Morgan fingerprint density at radius 2 is 2.44 bits per heavy atom. The van der Waals surface area contributed by atoms with Crippen molar-refractivity contribution in [2.45, 2.75) is 6.92 Å². The van der Waals surface area contributed by atoms with Gasteiger partial charge < -0.3 is 14.4 Å². The average Bonchev–Trinajstić information content (AvgIpc) is 2.95. The Morgan fingerprint density at radius 3 is 3.06 bits per heavy atom. The Labute approximate surface area is 103 Å². The van der Waals surface area contributed by atoms with Crippen LogP contribution in [0.5, 0.6) is 0 Å². The van der Waals surface area contributed by atoms with Gasteiger partial charge in [0.2, 0.25) is 0 Å². The first kappa shape index (κ1) is 11.9. The van der Waals surface area contributed by atoms with Crippen molar-refractivity contribution in [3.05, 3.63) is 23.7 Å². The number of aromatic nitrogens is 3. The van der Waals surface area contributed by atoms with Crippen LogP contribution < -0.4 is 5.32 Å². The Hall–Kier alpha value is -2.62. The van der Waals surface area contributed by atoms with Gasteiger partial charge in [0.05, 0.1) is 5.56 Å². The molecule has 0 spiro atoms. The molecule has 1 amide bonds. The third kappa shape index (κ3) is 2.08. The minimum atomic E-state index is -0.387. The number of rotatable bonds is 3. The number of carbonyl (C=O) groups is 1. The zero-order valence-corrected chi connectivity index (χ0v) is 9.97. The lowest BCUT2D eigenvalue weighted by atomic mass is 10.3. The molecule has 18 heavy (non-hydrogen) atoms. The van der Waals surface area contributed by atoms with Crippen LogP contribution in [0, 0.1) is 11.3 Å². The normalized spacial score (nSPS) is 10.1. The molecule has 92 valence electrons. The lowest BCUT2D eigenvalue weighted by Crippen LogP contribution is -2.23. The summed E-state index contributed by atoms with van der Waals surface area (Å²) in [7, 11) is 1.76. The van der Waals surface area contributed by atoms with Crippen molar-refractivity contribution in [3.8, 4) is 17.7 Å². The summed E-state index contributed by atoms with van der Waals surface area (Å²) in [6, 6.07) is 3.64. The van der Waals surface area contributed by atoms with Crippen LogP contribution in [0.15, 0.2) is 16.8 Å². The average molecular weight is 245 g/mol. The molecule has 7 nitrogen and oxygen atoms in total. The highest BCUT2D eigenvalue weighted by Crippen LogP contribution is 2.19. The zero-order valence-electron chi connectivity index (χ0n) is 9.97. The second-order valence-electron chi connectivity index (χ2n) is 3.62. The van der Waals surface area contributed by atoms with Crippen LogP contribution >= 0.6 is 0 Å². The Morgan fingerprint density at radius 1 is 1.67 bits per heavy atom. The number of hydrogen-bond acceptors (Lipinski definition) is 5. The number of nitrogens with zero attached hydrogens (tertiary/aromatic N) is 4. The molecule has 0 fully saturated rings. The predicted molar refractivity (Wildman–Crippen MR) is 61.4 cm³/mol. The lowest BCUT2D eigenvalue weighted by molar-refractivity contribution is 0.0942. The molecule has 0 aromatic carbocycles. The summed E-state index contributed by atoms with van der Waals surface area (Å²) in [5.41, 5.74) is 1.08. The van der Waals surface area contributed by atoms with Crippen molar-refractivity contribution in [1.29, 1.82) is 5.26 Å². The summed E-state index contributed by atoms with van der Waals surface area (Å²) >= 11 is 0. The highest BCUT2D eigenvalue weighted by Gasteiger charge is 2.17. The van der Waals surface area contributed by atoms with Crippen LogP contribution in [-0.2, 0) is 7.05 Å². The van der Waals surface area contributed by atoms with Crippen molar-refractivity contribution in [2.75, 3.05) is 6.54 Å². The van der Waals surface area contributed by atoms with Gasteiger partial charge in [0.25, 0.3) is 17.6 Å². The van der Waals surface area contributed by atoms with Gasteiger partial charge in [-0.25, -0.2) is 0 Å². The van der Waals surface area contributed by atoms with Crippen LogP contribution in [0.4, 0.5) is 0 Å². The molecule has 0 aliphatic carbocycles. The summed E-state index contributed by atoms with van der Waals surface area (Å²) < 4.78 is 6.69. The highest BCUT2D eigenvalue weighted by molar-refractivity contribution is 5.90. The van der Waals surface area contributed by atoms with E-state index in [1.807, 2.05) is 6.07 Å². The van der Waals surface area contributed by atoms with E-state index in [2.05, 4.69) is 15.5 Å². The predicted octanol–water partition coefficient (Wildman–Crippen LogP) is 0.696. The summed E-state index contributed by atoms with van der Waals surface area (Å²) in [4.78, 5) is 15.5. The van der Waals surface area contributed by atoms with E-state index in [1.54, 1.807) is 30.8 Å². The first-order valence-electron chi connectivity index (χ1n) is 5.34. The molecular weight excluding hydrogens is 234 g/mol. The van der Waals surface area contributed by atoms with Gasteiger partial charge >= 0.3 is 0 Å². The third-order valence-corrected chi connectivity index (χ3v) is 2.32. The first-order valence-corrected chi connectivity index (χ1v) is 5.34. The number of nitriles is 1. The Kier molecular flexibility index (Phi) is 3.10. The van der Waals surface area contributed by atoms with Gasteiger partial charge in [-0.3, -0.25) is 4.79 Å². The number of hydrogen-bond donors (Lipinski definition) is 1. The SMILES string of the molecule is CCNC(=O)c1noc(-c2cc(C#N)cn2C)n1. The largest absolute Gasteiger partial charge is 0.349 e. The van der Waals surface area contributed by atoms with Crippen LogP contribution in [0.25, 0.3) is 11.6 Å². The molecule has 0 unspecified atom stereocenters. The maximum absolute atomic E-state index is 11.5. The smallest absolute Gasteiger partial charge is 0.292 e. The van der Waals surface area contributed by atoms with Crippen molar-refractivity contribution >= 4 is 5.91 Å². The molecule has 1 N–H and O–H groups in total. The first-order chi connectivity index (χ1) is 8.65. The van der Waals surface area contributed by atoms with E-state index in [1.165, 1.54) is 0 Å². The molecule has 0 saturated heterocycles. The zero-order chi connectivity index (χ0) is 13.1. The summed E-state index contributed by atoms with van der Waals surface area (Å²) in [5.74, 6) is -0.200. The van der Waals surface area contributed by atoms with Crippen molar-refractivity contribution < 1.29 is 9.32 Å². The molecule has 0 saturated carbocycles. The van der Waals surface area contributed by atoms with Crippen molar-refractivity contribution in [3.63, 3.8) is 0 Å². The van der Waals surface area contributed by atoms with Crippen LogP contribution in [-0.4, -0.2) is 27.2 Å². The van der Waals surface area contributed by atoms with Crippen LogP contribution in [0.3, 0.4) is 0 Å². The topological polar surface area (TPSA) is 96.7 Å². The van der Waals surface area contributed by atoms with Gasteiger partial charge in [-0.1, -0.05) is 5.16 Å². The second-order valence-corrected chi connectivity index (χ2v) is 3.62. The van der Waals surface area contributed by atoms with Gasteiger partial charge in [-0.2, -0.15) is 10.2 Å². The molecule has 0 aliphatic heterocycles. The van der Waals surface area contributed by atoms with Crippen molar-refractivity contribution in [1.82, 2.24) is 20.0 Å². The highest BCUT2D eigenvalue weighted by atomic mass is 16.5. The number of nitrogens with one attached hydrogen (secondary N) is 1. The molecule has 2 heterocycles. The fourth-order valence-corrected chi connectivity index (χ4v) is 1.50. The van der Waals surface area contributed by atoms with Crippen LogP contribution in [0.2, 0.25) is 0 Å². The van der Waals surface area contributed by atoms with Crippen LogP contribution in [0.1, 0.15) is 23.1 Å². The van der Waals surface area contributed by atoms with Gasteiger partial charge in [-0.05, 0) is 13.0 Å². The van der Waals surface area contributed by atoms with Gasteiger partial charge in [-0.15, -0.1) is 0 Å². The van der Waals surface area contributed by atoms with E-state index < -0.39 is 0 Å². The molecule has 2 aromatic heterocycles. The maximum Gasteiger partial charge on any atom is 0.292 e. The van der Waals surface area contributed by atoms with Gasteiger partial charge in [0.15, 0.2) is 0 Å². The summed E-state index contributed by atoms with van der Waals surface area (Å²) in [6.07, 6.45) is 1.64. The van der Waals surface area contributed by atoms with Gasteiger partial charge in [0.1, 0.15) is 11.8 Å². The van der Waals surface area contributed by atoms with E-state index >= 15 is 0 Å². The number of carbonyl (C=O) groups excluding carboxylic acids is 1. The van der Waals surface area contributed by atoms with E-state index in [0.717, 1.165) is 0 Å². The quantitative estimate of drug-likeness (QED) is 0.858. The maximum atomic E-state index is 11.5. The minimum absolute atomic E-state index is 0.0217. The summed E-state index contributed by atoms with van der Waals surface area (Å²) in [6.45, 7) is 2.29. The Bertz CT molecular complexity index is 620. The monoisotopic (exact) mass is 245 g/mol. The fraction of sp³-hybridized carbons (Fsp3) is 0.273. The van der Waals surface area contributed by atoms with E-state index in [-0.39, 0.29) is 17.6 Å². The van der Waals surface area contributed by atoms with E-state index in [4.69, 9.17) is 9.78 Å². The Balaban J connectivity index is 2.32. The number of aryl methyl sites for hydroxylation is 1. The fourth-order valence-electron chi connectivity index (χ4n) is 1.50. The molecule has 0 atom stereocenters. The molecule has 0 aliphatic rings. The molecular formula is C11H11N5O2. The van der Waals surface area contributed by atoms with Gasteiger partial charge in [0, 0.05) is 19.8 Å². The molecule has 7 heteroatoms. The third-order valence-electron chi connectivity index (χ3n) is 2.32. The molecule has 0 bridgehead atoms. The molecule has 0 radical (unpaired) electrons. The molecule has 2 rings (SSSR count). The second kappa shape index (κ2) is 4.71. The van der Waals surface area contributed by atoms with E-state index in [0.29, 0.717) is 17.8 Å². The van der Waals surface area contributed by atoms with E-state index in [9.17, 15) is 4.79 Å². The van der Waals surface area contributed by atoms with Crippen molar-refractivity contribution in [2.24, 2.45) is 7.05 Å². The lowest BCUT2D eigenvalue weighted by Gasteiger charge is -1.95. The summed E-state index contributed by atoms with van der Waals surface area (Å²) in [5, 5.41) is 15.0. The minimum Gasteiger partial charge on any atom is -0.349 e. The standard InChI is InChI=1S/C11H11N5O2/c1-3-13-10(17)9-14-11(18-15-9)8-4-7(5-12)6-16(8)2/h4,6H,3H2,1-2H3,(H,13,17). The number of amides is 1.